The van der Waals surface area contributed by atoms with Gasteiger partial charge >= 0.3 is 0 Å². The van der Waals surface area contributed by atoms with Gasteiger partial charge in [-0.2, -0.15) is 0 Å². The van der Waals surface area contributed by atoms with E-state index in [1.165, 1.54) is 0 Å². The van der Waals surface area contributed by atoms with Crippen LogP contribution in [0.3, 0.4) is 0 Å². The topological polar surface area (TPSA) is 48.1 Å². The molecule has 82 valence electrons. The quantitative estimate of drug-likeness (QED) is 0.878. The molecule has 2 aromatic rings. The smallest absolute Gasteiger partial charge is 0.136 e. The van der Waals surface area contributed by atoms with Crippen LogP contribution in [-0.4, -0.2) is 4.98 Å². The lowest BCUT2D eigenvalue weighted by molar-refractivity contribution is 0.299. The van der Waals surface area contributed by atoms with Crippen LogP contribution in [0.1, 0.15) is 5.69 Å². The van der Waals surface area contributed by atoms with Crippen molar-refractivity contribution in [1.29, 1.82) is 0 Å². The maximum Gasteiger partial charge on any atom is 0.136 e. The second-order valence-electron chi connectivity index (χ2n) is 3.27. The van der Waals surface area contributed by atoms with Gasteiger partial charge in [0.25, 0.3) is 0 Å². The van der Waals surface area contributed by atoms with E-state index in [0.29, 0.717) is 12.3 Å². The van der Waals surface area contributed by atoms with Gasteiger partial charge in [-0.15, -0.1) is 0 Å². The summed E-state index contributed by atoms with van der Waals surface area (Å²) in [5.41, 5.74) is 7.30. The molecule has 0 radical (unpaired) electrons. The number of pyridine rings is 1. The van der Waals surface area contributed by atoms with E-state index < -0.39 is 0 Å². The molecule has 16 heavy (non-hydrogen) atoms. The molecule has 0 aliphatic carbocycles. The number of aromatic nitrogens is 1. The number of benzene rings is 1. The second-order valence-corrected chi connectivity index (χ2v) is 4.06. The van der Waals surface area contributed by atoms with Crippen LogP contribution in [0.15, 0.2) is 47.1 Å². The summed E-state index contributed by atoms with van der Waals surface area (Å²) >= 11 is 3.38. The first-order valence-corrected chi connectivity index (χ1v) is 5.63. The number of nitrogens with zero attached hydrogens (tertiary/aromatic N) is 1. The molecule has 0 saturated carbocycles. The van der Waals surface area contributed by atoms with Gasteiger partial charge in [0.1, 0.15) is 12.4 Å². The maximum absolute atomic E-state index is 5.75. The van der Waals surface area contributed by atoms with Gasteiger partial charge in [0, 0.05) is 11.9 Å². The largest absolute Gasteiger partial charge is 0.486 e. The molecule has 0 bridgehead atoms. The van der Waals surface area contributed by atoms with Crippen molar-refractivity contribution >= 4 is 21.6 Å². The first kappa shape index (κ1) is 11.0. The molecular formula is C12H11BrN2O. The van der Waals surface area contributed by atoms with E-state index in [2.05, 4.69) is 20.9 Å². The molecule has 1 aromatic heterocycles. The molecular weight excluding hydrogens is 268 g/mol. The molecule has 0 aliphatic heterocycles. The molecule has 0 spiro atoms. The molecule has 1 aromatic carbocycles. The number of ether oxygens (including phenoxy) is 1. The fraction of sp³-hybridized carbons (Fsp3) is 0.0833. The van der Waals surface area contributed by atoms with Gasteiger partial charge in [-0.25, -0.2) is 0 Å². The molecule has 0 saturated heterocycles. The van der Waals surface area contributed by atoms with E-state index in [-0.39, 0.29) is 0 Å². The average molecular weight is 279 g/mol. The van der Waals surface area contributed by atoms with Crippen LogP contribution in [0.5, 0.6) is 5.75 Å². The lowest BCUT2D eigenvalue weighted by atomic mass is 10.3. The van der Waals surface area contributed by atoms with Crippen LogP contribution in [0, 0.1) is 0 Å². The van der Waals surface area contributed by atoms with E-state index in [1.807, 2.05) is 36.4 Å². The summed E-state index contributed by atoms with van der Waals surface area (Å²) < 4.78 is 6.40. The lowest BCUT2D eigenvalue weighted by Gasteiger charge is -2.08. The minimum atomic E-state index is 0.433. The predicted molar refractivity (Wildman–Crippen MR) is 67.1 cm³/mol. The van der Waals surface area contributed by atoms with Crippen LogP contribution in [0.4, 0.5) is 5.69 Å². The average Bonchev–Trinajstić information content (AvgIpc) is 2.32. The van der Waals surface area contributed by atoms with Crippen molar-refractivity contribution in [3.05, 3.63) is 52.8 Å². The highest BCUT2D eigenvalue weighted by atomic mass is 79.9. The molecule has 0 fully saturated rings. The molecule has 0 aliphatic rings. The lowest BCUT2D eigenvalue weighted by Crippen LogP contribution is -1.99. The minimum Gasteiger partial charge on any atom is -0.486 e. The van der Waals surface area contributed by atoms with Crippen molar-refractivity contribution < 1.29 is 4.74 Å². The van der Waals surface area contributed by atoms with Crippen LogP contribution in [-0.2, 0) is 6.61 Å². The number of anilines is 1. The van der Waals surface area contributed by atoms with Gasteiger partial charge in [0.05, 0.1) is 10.2 Å². The van der Waals surface area contributed by atoms with Gasteiger partial charge in [-0.3, -0.25) is 4.98 Å². The Morgan fingerprint density at radius 3 is 2.81 bits per heavy atom. The summed E-state index contributed by atoms with van der Waals surface area (Å²) in [6.45, 7) is 0.433. The molecule has 0 atom stereocenters. The Morgan fingerprint density at radius 1 is 1.19 bits per heavy atom. The van der Waals surface area contributed by atoms with E-state index in [4.69, 9.17) is 10.5 Å². The fourth-order valence-electron chi connectivity index (χ4n) is 1.27. The maximum atomic E-state index is 5.75. The van der Waals surface area contributed by atoms with Crippen molar-refractivity contribution in [2.24, 2.45) is 0 Å². The van der Waals surface area contributed by atoms with Crippen molar-refractivity contribution in [2.45, 2.75) is 6.61 Å². The third-order valence-electron chi connectivity index (χ3n) is 2.09. The van der Waals surface area contributed by atoms with E-state index in [1.54, 1.807) is 6.20 Å². The van der Waals surface area contributed by atoms with Crippen LogP contribution < -0.4 is 10.5 Å². The molecule has 2 N–H and O–H groups in total. The van der Waals surface area contributed by atoms with E-state index >= 15 is 0 Å². The van der Waals surface area contributed by atoms with Crippen molar-refractivity contribution in [1.82, 2.24) is 4.98 Å². The first-order valence-electron chi connectivity index (χ1n) is 4.84. The van der Waals surface area contributed by atoms with Crippen molar-refractivity contribution in [3.63, 3.8) is 0 Å². The fourth-order valence-corrected chi connectivity index (χ4v) is 1.65. The van der Waals surface area contributed by atoms with Gasteiger partial charge in [-0.1, -0.05) is 12.1 Å². The minimum absolute atomic E-state index is 0.433. The Bertz CT molecular complexity index is 474. The summed E-state index contributed by atoms with van der Waals surface area (Å²) in [7, 11) is 0. The predicted octanol–water partition coefficient (Wildman–Crippen LogP) is 3.01. The zero-order valence-corrected chi connectivity index (χ0v) is 10.1. The Kier molecular flexibility index (Phi) is 3.41. The Balaban J connectivity index is 2.08. The number of nitrogen functional groups attached to an aromatic ring is 1. The molecule has 4 heteroatoms. The second kappa shape index (κ2) is 4.99. The highest BCUT2D eigenvalue weighted by molar-refractivity contribution is 9.10. The van der Waals surface area contributed by atoms with E-state index in [0.717, 1.165) is 15.9 Å². The number of hydrogen-bond donors (Lipinski definition) is 1. The van der Waals surface area contributed by atoms with Crippen LogP contribution in [0.2, 0.25) is 0 Å². The number of halogens is 1. The zero-order valence-electron chi connectivity index (χ0n) is 8.56. The van der Waals surface area contributed by atoms with Crippen molar-refractivity contribution in [3.8, 4) is 5.75 Å². The van der Waals surface area contributed by atoms with Gasteiger partial charge in [-0.05, 0) is 40.2 Å². The number of rotatable bonds is 3. The first-order chi connectivity index (χ1) is 7.77. The number of hydrogen-bond acceptors (Lipinski definition) is 3. The van der Waals surface area contributed by atoms with E-state index in [9.17, 15) is 0 Å². The molecule has 0 amide bonds. The normalized spacial score (nSPS) is 10.1. The molecule has 3 nitrogen and oxygen atoms in total. The molecule has 0 unspecified atom stereocenters. The highest BCUT2D eigenvalue weighted by Gasteiger charge is 2.04. The van der Waals surface area contributed by atoms with Crippen molar-refractivity contribution in [2.75, 3.05) is 5.73 Å². The number of nitrogens with two attached hydrogens (primary N) is 1. The van der Waals surface area contributed by atoms with Crippen LogP contribution >= 0.6 is 15.9 Å². The third kappa shape index (κ3) is 2.52. The standard InChI is InChI=1S/C12H11BrN2O/c13-12-10(14)5-3-6-11(12)16-8-9-4-1-2-7-15-9/h1-7H,8,14H2. The Morgan fingerprint density at radius 2 is 2.06 bits per heavy atom. The SMILES string of the molecule is Nc1cccc(OCc2ccccn2)c1Br. The summed E-state index contributed by atoms with van der Waals surface area (Å²) in [5.74, 6) is 0.727. The van der Waals surface area contributed by atoms with Gasteiger partial charge < -0.3 is 10.5 Å². The van der Waals surface area contributed by atoms with Gasteiger partial charge in [0.2, 0.25) is 0 Å². The van der Waals surface area contributed by atoms with Crippen LogP contribution in [0.25, 0.3) is 0 Å². The Labute approximate surface area is 102 Å². The summed E-state index contributed by atoms with van der Waals surface area (Å²) in [6, 6.07) is 11.3. The molecule has 2 rings (SSSR count). The summed E-state index contributed by atoms with van der Waals surface area (Å²) in [6.07, 6.45) is 1.74. The highest BCUT2D eigenvalue weighted by Crippen LogP contribution is 2.30. The summed E-state index contributed by atoms with van der Waals surface area (Å²) in [5, 5.41) is 0. The molecule has 1 heterocycles. The van der Waals surface area contributed by atoms with Gasteiger partial charge in [0.15, 0.2) is 0 Å². The monoisotopic (exact) mass is 278 g/mol. The third-order valence-corrected chi connectivity index (χ3v) is 2.94. The Hall–Kier alpha value is -1.55. The summed E-state index contributed by atoms with van der Waals surface area (Å²) in [4.78, 5) is 4.17. The zero-order chi connectivity index (χ0) is 11.4.